The van der Waals surface area contributed by atoms with Crippen molar-refractivity contribution in [2.45, 2.75) is 31.6 Å². The van der Waals surface area contributed by atoms with E-state index in [1.165, 1.54) is 5.56 Å². The lowest BCUT2D eigenvalue weighted by Crippen LogP contribution is -2.49. The third-order valence-corrected chi connectivity index (χ3v) is 6.66. The molecule has 1 heterocycles. The van der Waals surface area contributed by atoms with Gasteiger partial charge in [0, 0.05) is 37.8 Å². The summed E-state index contributed by atoms with van der Waals surface area (Å²) in [5.74, 6) is 0.615. The number of rotatable bonds is 9. The van der Waals surface area contributed by atoms with Crippen LogP contribution in [0.3, 0.4) is 0 Å². The van der Waals surface area contributed by atoms with Crippen LogP contribution in [-0.2, 0) is 0 Å². The van der Waals surface area contributed by atoms with Crippen molar-refractivity contribution in [3.63, 3.8) is 0 Å². The number of carbonyl (C=O) groups excluding carboxylic acids is 1. The molecule has 3 aromatic carbocycles. The highest BCUT2D eigenvalue weighted by molar-refractivity contribution is 6.33. The summed E-state index contributed by atoms with van der Waals surface area (Å²) >= 11 is 6.73. The van der Waals surface area contributed by atoms with Crippen LogP contribution in [0.2, 0.25) is 5.02 Å². The van der Waals surface area contributed by atoms with Crippen LogP contribution in [0.1, 0.15) is 47.5 Å². The second-order valence-corrected chi connectivity index (χ2v) is 10.3. The van der Waals surface area contributed by atoms with Crippen LogP contribution >= 0.6 is 11.6 Å². The smallest absolute Gasteiger partial charge is 0.150 e. The Bertz CT molecular complexity index is 1150. The van der Waals surface area contributed by atoms with Gasteiger partial charge in [-0.05, 0) is 37.1 Å². The lowest BCUT2D eigenvalue weighted by Gasteiger charge is -2.44. The number of ether oxygens (including phenoxy) is 1. The van der Waals surface area contributed by atoms with Crippen molar-refractivity contribution in [2.24, 2.45) is 0 Å². The molecule has 36 heavy (non-hydrogen) atoms. The van der Waals surface area contributed by atoms with Gasteiger partial charge < -0.3 is 19.8 Å². The summed E-state index contributed by atoms with van der Waals surface area (Å²) in [6.45, 7) is 6.29. The number of hydrogen-bond donors (Lipinski definition) is 2. The van der Waals surface area contributed by atoms with Crippen molar-refractivity contribution < 1.29 is 19.7 Å². The van der Waals surface area contributed by atoms with Gasteiger partial charge in [-0.15, -0.1) is 0 Å². The maximum absolute atomic E-state index is 10.9. The molecule has 0 saturated carbocycles. The number of halogens is 1. The molecule has 2 N–H and O–H groups in total. The zero-order valence-corrected chi connectivity index (χ0v) is 21.4. The summed E-state index contributed by atoms with van der Waals surface area (Å²) < 4.78 is 5.71. The minimum Gasteiger partial charge on any atom is -0.491 e. The van der Waals surface area contributed by atoms with Crippen molar-refractivity contribution in [1.29, 1.82) is 0 Å². The van der Waals surface area contributed by atoms with E-state index >= 15 is 0 Å². The van der Waals surface area contributed by atoms with E-state index in [4.69, 9.17) is 16.3 Å². The van der Waals surface area contributed by atoms with Gasteiger partial charge in [-0.3, -0.25) is 9.69 Å². The number of hydrogen-bond acceptors (Lipinski definition) is 6. The average Bonchev–Trinajstić information content (AvgIpc) is 2.88. The topological polar surface area (TPSA) is 73.2 Å². The second-order valence-electron chi connectivity index (χ2n) is 9.89. The fraction of sp³-hybridized carbons (Fsp3) is 0.345. The average molecular weight is 509 g/mol. The van der Waals surface area contributed by atoms with Crippen LogP contribution in [0, 0.1) is 0 Å². The van der Waals surface area contributed by atoms with Gasteiger partial charge in [-0.1, -0.05) is 66.2 Å². The molecule has 0 bridgehead atoms. The Hall–Kier alpha value is -2.90. The van der Waals surface area contributed by atoms with Crippen LogP contribution < -0.4 is 9.64 Å². The first kappa shape index (κ1) is 26.2. The van der Waals surface area contributed by atoms with Crippen LogP contribution in [-0.4, -0.2) is 59.8 Å². The Morgan fingerprint density at radius 3 is 2.44 bits per heavy atom. The number of nitrogens with zero attached hydrogens (tertiary/aromatic N) is 2. The van der Waals surface area contributed by atoms with Gasteiger partial charge >= 0.3 is 0 Å². The van der Waals surface area contributed by atoms with Crippen molar-refractivity contribution in [3.05, 3.63) is 94.5 Å². The SMILES string of the molecule is CC(C)(O)COc1ccc(N2CCN(CC(O)c3ccc(C=O)cc3)C[C@H]2c2ccccc2)c(Cl)c1. The molecule has 1 aliphatic rings. The van der Waals surface area contributed by atoms with Crippen LogP contribution in [0.5, 0.6) is 5.75 Å². The lowest BCUT2D eigenvalue weighted by molar-refractivity contribution is 0.0285. The van der Waals surface area contributed by atoms with Gasteiger partial charge in [-0.2, -0.15) is 0 Å². The summed E-state index contributed by atoms with van der Waals surface area (Å²) in [5, 5.41) is 21.4. The first-order valence-corrected chi connectivity index (χ1v) is 12.5. The highest BCUT2D eigenvalue weighted by Crippen LogP contribution is 2.37. The monoisotopic (exact) mass is 508 g/mol. The van der Waals surface area contributed by atoms with E-state index < -0.39 is 11.7 Å². The van der Waals surface area contributed by atoms with Crippen LogP contribution in [0.4, 0.5) is 5.69 Å². The molecular weight excluding hydrogens is 476 g/mol. The molecule has 6 nitrogen and oxygen atoms in total. The number of β-amino-alcohol motifs (C(OH)–C–C–N with tert-alkyl or cyclic N) is 1. The lowest BCUT2D eigenvalue weighted by atomic mass is 10.00. The Labute approximate surface area is 217 Å². The van der Waals surface area contributed by atoms with Crippen molar-refractivity contribution in [3.8, 4) is 5.75 Å². The van der Waals surface area contributed by atoms with E-state index in [0.29, 0.717) is 22.9 Å². The third kappa shape index (κ3) is 6.65. The molecule has 1 unspecified atom stereocenters. The van der Waals surface area contributed by atoms with Crippen LogP contribution in [0.25, 0.3) is 0 Å². The molecule has 0 aliphatic carbocycles. The Morgan fingerprint density at radius 2 is 1.81 bits per heavy atom. The van der Waals surface area contributed by atoms with Gasteiger partial charge in [-0.25, -0.2) is 0 Å². The first-order valence-electron chi connectivity index (χ1n) is 12.2. The van der Waals surface area contributed by atoms with E-state index in [9.17, 15) is 15.0 Å². The maximum atomic E-state index is 10.9. The van der Waals surface area contributed by atoms with Gasteiger partial charge in [0.2, 0.25) is 0 Å². The normalized spacial score (nSPS) is 17.6. The summed E-state index contributed by atoms with van der Waals surface area (Å²) in [7, 11) is 0. The maximum Gasteiger partial charge on any atom is 0.150 e. The molecule has 1 fully saturated rings. The van der Waals surface area contributed by atoms with E-state index in [1.54, 1.807) is 44.2 Å². The highest BCUT2D eigenvalue weighted by atomic mass is 35.5. The van der Waals surface area contributed by atoms with E-state index in [0.717, 1.165) is 37.2 Å². The standard InChI is InChI=1S/C29H33ClN2O4/c1-29(2,35)20-36-24-12-13-26(25(30)16-24)32-15-14-31(17-27(32)22-6-4-3-5-7-22)18-28(34)23-10-8-21(19-33)9-11-23/h3-13,16,19,27-28,34-35H,14-15,17-18,20H2,1-2H3/t27-,28?/m0/s1. The van der Waals surface area contributed by atoms with Crippen LogP contribution in [0.15, 0.2) is 72.8 Å². The number of aldehydes is 1. The van der Waals surface area contributed by atoms with E-state index in [1.807, 2.05) is 30.3 Å². The van der Waals surface area contributed by atoms with E-state index in [-0.39, 0.29) is 12.6 Å². The predicted octanol–water partition coefficient (Wildman–Crippen LogP) is 4.90. The number of aliphatic hydroxyl groups is 2. The Kier molecular flexibility index (Phi) is 8.32. The minimum absolute atomic E-state index is 0.0465. The fourth-order valence-corrected chi connectivity index (χ4v) is 4.75. The summed E-state index contributed by atoms with van der Waals surface area (Å²) in [4.78, 5) is 15.5. The molecule has 4 rings (SSSR count). The minimum atomic E-state index is -0.930. The molecule has 2 atom stereocenters. The number of piperazine rings is 1. The molecule has 1 aliphatic heterocycles. The van der Waals surface area contributed by atoms with Crippen molar-refractivity contribution in [2.75, 3.05) is 37.7 Å². The second kappa shape index (κ2) is 11.4. The number of benzene rings is 3. The molecule has 0 amide bonds. The largest absolute Gasteiger partial charge is 0.491 e. The molecule has 3 aromatic rings. The van der Waals surface area contributed by atoms with E-state index in [2.05, 4.69) is 21.9 Å². The van der Waals surface area contributed by atoms with Gasteiger partial charge in [0.25, 0.3) is 0 Å². The number of anilines is 1. The fourth-order valence-electron chi connectivity index (χ4n) is 4.47. The quantitative estimate of drug-likeness (QED) is 0.400. The Balaban J connectivity index is 1.52. The summed E-state index contributed by atoms with van der Waals surface area (Å²) in [6.07, 6.45) is 0.154. The molecule has 1 saturated heterocycles. The zero-order chi connectivity index (χ0) is 25.7. The Morgan fingerprint density at radius 1 is 1.08 bits per heavy atom. The highest BCUT2D eigenvalue weighted by Gasteiger charge is 2.31. The van der Waals surface area contributed by atoms with Gasteiger partial charge in [0.1, 0.15) is 18.6 Å². The molecule has 0 aromatic heterocycles. The summed E-state index contributed by atoms with van der Waals surface area (Å²) in [6, 6.07) is 23.1. The van der Waals surface area contributed by atoms with Crippen molar-refractivity contribution in [1.82, 2.24) is 4.90 Å². The first-order chi connectivity index (χ1) is 17.2. The number of carbonyl (C=O) groups is 1. The van der Waals surface area contributed by atoms with Crippen molar-refractivity contribution >= 4 is 23.6 Å². The molecular formula is C29H33ClN2O4. The van der Waals surface area contributed by atoms with Gasteiger partial charge in [0.15, 0.2) is 0 Å². The molecule has 7 heteroatoms. The van der Waals surface area contributed by atoms with Gasteiger partial charge in [0.05, 0.1) is 28.5 Å². The third-order valence-electron chi connectivity index (χ3n) is 6.36. The number of aliphatic hydroxyl groups excluding tert-OH is 1. The molecule has 0 spiro atoms. The molecule has 0 radical (unpaired) electrons. The predicted molar refractivity (Wildman–Crippen MR) is 143 cm³/mol. The molecule has 190 valence electrons. The summed E-state index contributed by atoms with van der Waals surface area (Å²) in [5.41, 5.74) is 2.55. The zero-order valence-electron chi connectivity index (χ0n) is 20.7.